The molecule has 6 rings (SSSR count). The molecule has 0 aliphatic carbocycles. The van der Waals surface area contributed by atoms with Gasteiger partial charge < -0.3 is 9.47 Å². The number of methoxy groups -OCH3 is 1. The molecule has 0 unspecified atom stereocenters. The number of aryl methyl sites for hydroxylation is 7. The number of ketones is 1. The average molecular weight is 827 g/mol. The summed E-state index contributed by atoms with van der Waals surface area (Å²) in [5.41, 5.74) is 20.6. The number of rotatable bonds is 19. The molecule has 6 aromatic carbocycles. The molecule has 0 fully saturated rings. The second-order valence-electron chi connectivity index (χ2n) is 17.3. The molecule has 0 amide bonds. The fourth-order valence-corrected chi connectivity index (χ4v) is 8.93. The summed E-state index contributed by atoms with van der Waals surface area (Å²) >= 11 is 0. The molecule has 4 heteroatoms. The molecule has 0 atom stereocenters. The number of Topliss-reactive ketones (excluding diaryl/α,β-unsaturated/α-hetero) is 1. The molecule has 0 aliphatic heterocycles. The molecule has 0 radical (unpaired) electrons. The SMILES string of the molecule is CCCCCCc1cc(-c2cc(C)c(-c3ccc(C(C)=O)c(OCc4ccccc4)c3)cc2C)c(CCCCCC)cc1-c1cc(C)c(-c2ccc(C(=O)OC)c(C)c2)cc1C. The van der Waals surface area contributed by atoms with Crippen LogP contribution in [0.1, 0.15) is 137 Å². The number of esters is 1. The summed E-state index contributed by atoms with van der Waals surface area (Å²) in [7, 11) is 1.43. The first-order chi connectivity index (χ1) is 29.9. The summed E-state index contributed by atoms with van der Waals surface area (Å²) in [5.74, 6) is 0.299. The van der Waals surface area contributed by atoms with E-state index in [1.807, 2.05) is 61.5 Å². The molecular formula is C58H66O4. The molecule has 0 saturated carbocycles. The van der Waals surface area contributed by atoms with Crippen molar-refractivity contribution in [1.29, 1.82) is 0 Å². The lowest BCUT2D eigenvalue weighted by molar-refractivity contribution is 0.0599. The zero-order valence-electron chi connectivity index (χ0n) is 38.7. The topological polar surface area (TPSA) is 52.6 Å². The maximum Gasteiger partial charge on any atom is 0.338 e. The zero-order valence-corrected chi connectivity index (χ0v) is 38.7. The van der Waals surface area contributed by atoms with Gasteiger partial charge in [-0.1, -0.05) is 137 Å². The minimum Gasteiger partial charge on any atom is -0.488 e. The molecule has 4 nitrogen and oxygen atoms in total. The fraction of sp³-hybridized carbons (Fsp3) is 0.345. The van der Waals surface area contributed by atoms with Gasteiger partial charge in [0.05, 0.1) is 18.2 Å². The normalized spacial score (nSPS) is 11.2. The van der Waals surface area contributed by atoms with Crippen molar-refractivity contribution in [2.24, 2.45) is 0 Å². The van der Waals surface area contributed by atoms with Crippen LogP contribution in [0.25, 0.3) is 44.5 Å². The van der Waals surface area contributed by atoms with Gasteiger partial charge >= 0.3 is 5.97 Å². The van der Waals surface area contributed by atoms with Gasteiger partial charge in [0.15, 0.2) is 5.78 Å². The van der Waals surface area contributed by atoms with E-state index in [0.29, 0.717) is 23.5 Å². The number of benzene rings is 6. The number of carbonyl (C=O) groups excluding carboxylic acids is 2. The highest BCUT2D eigenvalue weighted by Gasteiger charge is 2.20. The Morgan fingerprint density at radius 1 is 0.484 bits per heavy atom. The van der Waals surface area contributed by atoms with Crippen molar-refractivity contribution in [3.8, 4) is 50.3 Å². The standard InChI is InChI=1S/C58H66O4/c1-10-12-14-19-23-45-35-56(54-33-40(5)52(31-42(54)7)48-26-28-50(43(8)59)57(36-48)62-37-44-21-17-16-18-22-44)46(24-20-15-13-11-2)34-55(45)53-32-39(4)51(30-41(53)6)47-25-27-49(38(3)29-47)58(60)61-9/h16-18,21-22,25-36H,10-15,19-20,23-24,37H2,1-9H3. The van der Waals surface area contributed by atoms with Crippen molar-refractivity contribution in [1.82, 2.24) is 0 Å². The van der Waals surface area contributed by atoms with Crippen molar-refractivity contribution >= 4 is 11.8 Å². The first-order valence-electron chi connectivity index (χ1n) is 22.8. The second-order valence-corrected chi connectivity index (χ2v) is 17.3. The summed E-state index contributed by atoms with van der Waals surface area (Å²) in [5, 5.41) is 0. The Bertz CT molecular complexity index is 2520. The smallest absolute Gasteiger partial charge is 0.338 e. The van der Waals surface area contributed by atoms with E-state index in [1.165, 1.54) is 107 Å². The van der Waals surface area contributed by atoms with Crippen LogP contribution in [0.5, 0.6) is 5.75 Å². The third kappa shape index (κ3) is 10.8. The Morgan fingerprint density at radius 3 is 1.45 bits per heavy atom. The summed E-state index contributed by atoms with van der Waals surface area (Å²) in [6.07, 6.45) is 11.7. The van der Waals surface area contributed by atoms with Gasteiger partial charge in [-0.25, -0.2) is 4.79 Å². The first kappa shape index (κ1) is 45.8. The lowest BCUT2D eigenvalue weighted by Crippen LogP contribution is -2.04. The summed E-state index contributed by atoms with van der Waals surface area (Å²) in [6.45, 7) is 17.4. The van der Waals surface area contributed by atoms with E-state index in [4.69, 9.17) is 9.47 Å². The van der Waals surface area contributed by atoms with Gasteiger partial charge in [-0.15, -0.1) is 0 Å². The van der Waals surface area contributed by atoms with Gasteiger partial charge in [-0.2, -0.15) is 0 Å². The first-order valence-corrected chi connectivity index (χ1v) is 22.8. The number of hydrogen-bond acceptors (Lipinski definition) is 4. The van der Waals surface area contributed by atoms with Crippen LogP contribution in [0.2, 0.25) is 0 Å². The van der Waals surface area contributed by atoms with Crippen LogP contribution in [0, 0.1) is 34.6 Å². The van der Waals surface area contributed by atoms with E-state index < -0.39 is 0 Å². The molecule has 62 heavy (non-hydrogen) atoms. The molecule has 0 aromatic heterocycles. The van der Waals surface area contributed by atoms with E-state index in [2.05, 4.69) is 90.1 Å². The van der Waals surface area contributed by atoms with Gasteiger partial charge in [-0.3, -0.25) is 4.79 Å². The maximum atomic E-state index is 12.7. The van der Waals surface area contributed by atoms with E-state index in [9.17, 15) is 9.59 Å². The number of unbranched alkanes of at least 4 members (excludes halogenated alkanes) is 6. The Morgan fingerprint density at radius 2 is 0.968 bits per heavy atom. The fourth-order valence-electron chi connectivity index (χ4n) is 8.93. The van der Waals surface area contributed by atoms with Crippen molar-refractivity contribution in [2.75, 3.05) is 7.11 Å². The Kier molecular flexibility index (Phi) is 15.8. The van der Waals surface area contributed by atoms with Crippen molar-refractivity contribution in [3.63, 3.8) is 0 Å². The Balaban J connectivity index is 1.44. The number of carbonyl (C=O) groups is 2. The predicted molar refractivity (Wildman–Crippen MR) is 260 cm³/mol. The quantitative estimate of drug-likeness (QED) is 0.0464. The highest BCUT2D eigenvalue weighted by atomic mass is 16.5. The van der Waals surface area contributed by atoms with Crippen LogP contribution in [0.4, 0.5) is 0 Å². The molecule has 322 valence electrons. The average Bonchev–Trinajstić information content (AvgIpc) is 3.27. The molecule has 0 saturated heterocycles. The van der Waals surface area contributed by atoms with E-state index in [0.717, 1.165) is 53.5 Å². The minimum absolute atomic E-state index is 0.00795. The predicted octanol–water partition coefficient (Wildman–Crippen LogP) is 15.7. The molecule has 6 aromatic rings. The molecule has 0 aliphatic rings. The molecule has 0 heterocycles. The van der Waals surface area contributed by atoms with Gasteiger partial charge in [-0.05, 0) is 174 Å². The lowest BCUT2D eigenvalue weighted by atomic mass is 9.82. The highest BCUT2D eigenvalue weighted by molar-refractivity contribution is 5.98. The van der Waals surface area contributed by atoms with E-state index in [1.54, 1.807) is 6.92 Å². The Labute approximate surface area is 371 Å². The molecule has 0 spiro atoms. The Hall–Kier alpha value is -5.74. The van der Waals surface area contributed by atoms with Crippen LogP contribution in [0.3, 0.4) is 0 Å². The van der Waals surface area contributed by atoms with Gasteiger partial charge in [0.2, 0.25) is 0 Å². The van der Waals surface area contributed by atoms with Crippen LogP contribution < -0.4 is 4.74 Å². The second kappa shape index (κ2) is 21.4. The lowest BCUT2D eigenvalue weighted by Gasteiger charge is -2.22. The third-order valence-electron chi connectivity index (χ3n) is 12.5. The zero-order chi connectivity index (χ0) is 44.3. The van der Waals surface area contributed by atoms with Crippen LogP contribution in [-0.4, -0.2) is 18.9 Å². The van der Waals surface area contributed by atoms with Gasteiger partial charge in [0.25, 0.3) is 0 Å². The largest absolute Gasteiger partial charge is 0.488 e. The van der Waals surface area contributed by atoms with Crippen LogP contribution in [0.15, 0.2) is 103 Å². The maximum absolute atomic E-state index is 12.7. The van der Waals surface area contributed by atoms with Gasteiger partial charge in [0, 0.05) is 0 Å². The van der Waals surface area contributed by atoms with E-state index >= 15 is 0 Å². The molecular weight excluding hydrogens is 761 g/mol. The molecule has 0 bridgehead atoms. The highest BCUT2D eigenvalue weighted by Crippen LogP contribution is 2.41. The van der Waals surface area contributed by atoms with Gasteiger partial charge in [0.1, 0.15) is 12.4 Å². The van der Waals surface area contributed by atoms with Crippen LogP contribution >= 0.6 is 0 Å². The summed E-state index contributed by atoms with van der Waals surface area (Å²) in [4.78, 5) is 25.1. The monoisotopic (exact) mass is 826 g/mol. The summed E-state index contributed by atoms with van der Waals surface area (Å²) < 4.78 is 11.3. The number of ether oxygens (including phenoxy) is 2. The van der Waals surface area contributed by atoms with Crippen molar-refractivity contribution in [3.05, 3.63) is 159 Å². The van der Waals surface area contributed by atoms with Crippen molar-refractivity contribution in [2.45, 2.75) is 126 Å². The minimum atomic E-state index is -0.307. The third-order valence-corrected chi connectivity index (χ3v) is 12.5. The van der Waals surface area contributed by atoms with Crippen LogP contribution in [-0.2, 0) is 24.2 Å². The van der Waals surface area contributed by atoms with E-state index in [-0.39, 0.29) is 11.8 Å². The number of hydrogen-bond donors (Lipinski definition) is 0. The summed E-state index contributed by atoms with van der Waals surface area (Å²) in [6, 6.07) is 36.6. The van der Waals surface area contributed by atoms with Crippen molar-refractivity contribution < 1.29 is 19.1 Å². The molecule has 0 N–H and O–H groups in total.